The molecule has 0 bridgehead atoms. The highest BCUT2D eigenvalue weighted by atomic mass is 19.4. The second kappa shape index (κ2) is 9.71. The van der Waals surface area contributed by atoms with E-state index in [1.54, 1.807) is 29.6 Å². The number of alkyl halides is 3. The average Bonchev–Trinajstić information content (AvgIpc) is 2.65. The third-order valence-electron chi connectivity index (χ3n) is 3.81. The number of nitrogens with zero attached hydrogens (tertiary/aromatic N) is 4. The van der Waals surface area contributed by atoms with Crippen LogP contribution in [0, 0.1) is 5.21 Å². The van der Waals surface area contributed by atoms with Gasteiger partial charge in [-0.15, -0.1) is 0 Å². The van der Waals surface area contributed by atoms with Crippen LogP contribution in [0.1, 0.15) is 12.8 Å². The smallest absolute Gasteiger partial charge is 0.471 e. The summed E-state index contributed by atoms with van der Waals surface area (Å²) in [6.45, 7) is 0.0305. The first-order valence-corrected chi connectivity index (χ1v) is 8.62. The van der Waals surface area contributed by atoms with Crippen molar-refractivity contribution in [3.63, 3.8) is 0 Å². The molecule has 1 heterocycles. The van der Waals surface area contributed by atoms with Gasteiger partial charge in [-0.25, -0.2) is 9.78 Å². The Labute approximate surface area is 162 Å². The Hall–Kier alpha value is -3.38. The minimum absolute atomic E-state index is 0.0333. The Morgan fingerprint density at radius 2 is 1.83 bits per heavy atom. The van der Waals surface area contributed by atoms with Gasteiger partial charge in [0.05, 0.1) is 5.10 Å². The van der Waals surface area contributed by atoms with E-state index in [2.05, 4.69) is 15.4 Å². The van der Waals surface area contributed by atoms with Crippen LogP contribution in [0.15, 0.2) is 24.3 Å². The molecule has 0 spiro atoms. The molecule has 0 atom stereocenters. The van der Waals surface area contributed by atoms with Gasteiger partial charge in [-0.1, -0.05) is 12.1 Å². The molecule has 29 heavy (non-hydrogen) atoms. The first-order chi connectivity index (χ1) is 13.7. The van der Waals surface area contributed by atoms with Crippen molar-refractivity contribution >= 4 is 29.0 Å². The zero-order chi connectivity index (χ0) is 21.4. The van der Waals surface area contributed by atoms with Gasteiger partial charge in [0.25, 0.3) is 11.5 Å². The van der Waals surface area contributed by atoms with Gasteiger partial charge in [-0.05, 0) is 23.8 Å². The Morgan fingerprint density at radius 1 is 1.17 bits per heavy atom. The number of halogens is 3. The van der Waals surface area contributed by atoms with Crippen molar-refractivity contribution < 1.29 is 32.7 Å². The van der Waals surface area contributed by atoms with Crippen molar-refractivity contribution in [3.8, 4) is 0 Å². The zero-order valence-corrected chi connectivity index (χ0v) is 15.1. The lowest BCUT2D eigenvalue weighted by Gasteiger charge is -2.19. The molecule has 3 N–H and O–H groups in total. The highest BCUT2D eigenvalue weighted by Crippen LogP contribution is 2.13. The van der Waals surface area contributed by atoms with Gasteiger partial charge in [0.2, 0.25) is 0 Å². The lowest BCUT2D eigenvalue weighted by Crippen LogP contribution is -2.39. The van der Waals surface area contributed by atoms with E-state index in [9.17, 15) is 28.0 Å². The number of nitrogens with one attached hydrogen (secondary N) is 2. The van der Waals surface area contributed by atoms with Crippen molar-refractivity contribution in [2.75, 3.05) is 31.5 Å². The fourth-order valence-electron chi connectivity index (χ4n) is 2.42. The second-order valence-corrected chi connectivity index (χ2v) is 5.95. The highest BCUT2D eigenvalue weighted by molar-refractivity contribution is 5.81. The summed E-state index contributed by atoms with van der Waals surface area (Å²) in [6.07, 6.45) is -5.82. The number of benzene rings is 1. The number of fused-ring (bicyclic) bond motifs is 1. The van der Waals surface area contributed by atoms with E-state index in [4.69, 9.17) is 5.11 Å². The number of carbonyl (C=O) groups is 2. The molecule has 13 heteroatoms. The van der Waals surface area contributed by atoms with Crippen molar-refractivity contribution in [1.29, 1.82) is 0 Å². The monoisotopic (exact) mass is 416 g/mol. The van der Waals surface area contributed by atoms with Crippen LogP contribution >= 0.6 is 0 Å². The van der Waals surface area contributed by atoms with Gasteiger partial charge in [-0.3, -0.25) is 4.79 Å². The number of hydrogen-bond acceptors (Lipinski definition) is 6. The van der Waals surface area contributed by atoms with Crippen LogP contribution in [0.25, 0.3) is 11.0 Å². The summed E-state index contributed by atoms with van der Waals surface area (Å²) < 4.78 is 36.2. The molecule has 0 saturated heterocycles. The Bertz CT molecular complexity index is 864. The summed E-state index contributed by atoms with van der Waals surface area (Å²) in [5.74, 6) is -1.97. The first kappa shape index (κ1) is 21.9. The summed E-state index contributed by atoms with van der Waals surface area (Å²) in [4.78, 5) is 27.5. The number of rotatable bonds is 9. The fraction of sp³-hybridized carbons (Fsp3) is 0.438. The molecule has 10 nitrogen and oxygen atoms in total. The van der Waals surface area contributed by atoms with Crippen LogP contribution in [0.5, 0.6) is 0 Å². The topological polar surface area (TPSA) is 134 Å². The predicted molar refractivity (Wildman–Crippen MR) is 94.9 cm³/mol. The Kier molecular flexibility index (Phi) is 7.33. The molecular formula is C16H19F3N6O4. The van der Waals surface area contributed by atoms with Gasteiger partial charge in [0.15, 0.2) is 0 Å². The van der Waals surface area contributed by atoms with Crippen LogP contribution in [0.2, 0.25) is 0 Å². The molecular weight excluding hydrogens is 397 g/mol. The largest absolute Gasteiger partial charge is 0.594 e. The number of aromatic nitrogens is 3. The number of para-hydroxylation sites is 2. The number of carboxylic acid groups (broad SMARTS) is 1. The Morgan fingerprint density at radius 3 is 2.48 bits per heavy atom. The van der Waals surface area contributed by atoms with Gasteiger partial charge < -0.3 is 25.8 Å². The Balaban J connectivity index is 1.75. The van der Waals surface area contributed by atoms with Crippen LogP contribution in [0.3, 0.4) is 0 Å². The molecule has 1 aromatic heterocycles. The molecule has 0 aliphatic heterocycles. The molecule has 0 saturated carbocycles. The molecule has 0 fully saturated rings. The van der Waals surface area contributed by atoms with E-state index in [0.29, 0.717) is 22.3 Å². The van der Waals surface area contributed by atoms with Crippen molar-refractivity contribution in [2.45, 2.75) is 19.0 Å². The fourth-order valence-corrected chi connectivity index (χ4v) is 2.42. The summed E-state index contributed by atoms with van der Waals surface area (Å²) in [5, 5.41) is 29.2. The van der Waals surface area contributed by atoms with E-state index in [1.807, 2.05) is 0 Å². The summed E-state index contributed by atoms with van der Waals surface area (Å²) >= 11 is 0. The van der Waals surface area contributed by atoms with Crippen molar-refractivity contribution in [3.05, 3.63) is 29.5 Å². The van der Waals surface area contributed by atoms with Crippen molar-refractivity contribution in [1.82, 2.24) is 20.3 Å². The lowest BCUT2D eigenvalue weighted by atomic mass is 10.3. The number of amides is 2. The van der Waals surface area contributed by atoms with Crippen LogP contribution < -0.4 is 15.5 Å². The molecule has 0 unspecified atom stereocenters. The normalized spacial score (nSPS) is 11.3. The minimum atomic E-state index is -4.97. The van der Waals surface area contributed by atoms with Gasteiger partial charge in [0.1, 0.15) is 5.52 Å². The molecule has 2 amide bonds. The van der Waals surface area contributed by atoms with E-state index >= 15 is 0 Å². The van der Waals surface area contributed by atoms with Crippen LogP contribution in [-0.2, 0) is 4.79 Å². The maximum Gasteiger partial charge on any atom is 0.471 e. The molecule has 158 valence electrons. The maximum absolute atomic E-state index is 12.1. The SMILES string of the molecule is O=C(O)N(CCCNC(=O)C(F)(F)F)CCCNc1nc2ccccc2[n+]([O-])n1. The summed E-state index contributed by atoms with van der Waals surface area (Å²) in [6, 6.07) is 6.64. The molecule has 0 aliphatic rings. The molecule has 2 rings (SSSR count). The maximum atomic E-state index is 12.1. The van der Waals surface area contributed by atoms with Crippen molar-refractivity contribution in [2.24, 2.45) is 0 Å². The van der Waals surface area contributed by atoms with E-state index < -0.39 is 18.2 Å². The molecule has 1 aromatic carbocycles. The average molecular weight is 416 g/mol. The summed E-state index contributed by atoms with van der Waals surface area (Å²) in [5.41, 5.74) is 0.765. The third kappa shape index (κ3) is 6.62. The number of carbonyl (C=O) groups excluding carboxylic acids is 1. The van der Waals surface area contributed by atoms with Gasteiger partial charge in [0, 0.05) is 32.2 Å². The molecule has 2 aromatic rings. The second-order valence-electron chi connectivity index (χ2n) is 5.95. The predicted octanol–water partition coefficient (Wildman–Crippen LogP) is 1.11. The quantitative estimate of drug-likeness (QED) is 0.317. The van der Waals surface area contributed by atoms with Gasteiger partial charge >= 0.3 is 18.2 Å². The highest BCUT2D eigenvalue weighted by Gasteiger charge is 2.38. The van der Waals surface area contributed by atoms with Crippen LogP contribution in [0.4, 0.5) is 23.9 Å². The first-order valence-electron chi connectivity index (χ1n) is 8.62. The zero-order valence-electron chi connectivity index (χ0n) is 15.1. The lowest BCUT2D eigenvalue weighted by molar-refractivity contribution is -0.641. The van der Waals surface area contributed by atoms with Gasteiger partial charge in [-0.2, -0.15) is 13.2 Å². The number of hydrogen-bond donors (Lipinski definition) is 3. The standard InChI is InChI=1S/C16H19F3N6O4/c17-16(18,19)13(26)20-7-3-9-24(15(27)28)10-4-8-21-14-22-11-5-1-2-6-12(11)25(29)23-14/h1-2,5-6H,3-4,7-10H2,(H,20,26)(H,27,28)(H,21,22,23). The number of anilines is 1. The molecule has 0 radical (unpaired) electrons. The third-order valence-corrected chi connectivity index (χ3v) is 3.81. The van der Waals surface area contributed by atoms with E-state index in [-0.39, 0.29) is 38.5 Å². The van der Waals surface area contributed by atoms with Crippen LogP contribution in [-0.4, -0.2) is 64.4 Å². The minimum Gasteiger partial charge on any atom is -0.594 e. The molecule has 0 aliphatic carbocycles. The summed E-state index contributed by atoms with van der Waals surface area (Å²) in [7, 11) is 0. The van der Waals surface area contributed by atoms with E-state index in [0.717, 1.165) is 4.90 Å². The van der Waals surface area contributed by atoms with E-state index in [1.165, 1.54) is 0 Å².